The number of piperidine rings is 1. The lowest BCUT2D eigenvalue weighted by Gasteiger charge is -2.41. The average molecular weight is 874 g/mol. The molecule has 0 radical (unpaired) electrons. The number of nitrogens with zero attached hydrogens (tertiary/aromatic N) is 4. The van der Waals surface area contributed by atoms with Crippen LogP contribution in [0.1, 0.15) is 104 Å². The molecule has 15 heteroatoms. The predicted molar refractivity (Wildman–Crippen MR) is 241 cm³/mol. The number of fused-ring (bicyclic) bond motifs is 1. The second-order valence-corrected chi connectivity index (χ2v) is 20.0. The van der Waals surface area contributed by atoms with Gasteiger partial charge in [-0.25, -0.2) is 18.1 Å². The van der Waals surface area contributed by atoms with E-state index in [-0.39, 0.29) is 22.9 Å². The first kappa shape index (κ1) is 41.5. The molecule has 3 aliphatic heterocycles. The molecule has 3 aromatic carbocycles. The number of aromatic nitrogens is 2. The number of sulfonamides is 1. The van der Waals surface area contributed by atoms with Gasteiger partial charge in [0.25, 0.3) is 21.6 Å². The summed E-state index contributed by atoms with van der Waals surface area (Å²) < 4.78 is 41.4. The number of nitrogens with one attached hydrogen (secondary N) is 3. The van der Waals surface area contributed by atoms with Gasteiger partial charge in [-0.2, -0.15) is 0 Å². The molecule has 3 N–H and O–H groups in total. The number of ether oxygens (including phenoxy) is 2. The molecule has 1 spiro atoms. The molecule has 0 bridgehead atoms. The number of H-pyrrole nitrogens is 1. The minimum atomic E-state index is -4.54. The van der Waals surface area contributed by atoms with E-state index in [1.54, 1.807) is 41.7 Å². The molecule has 330 valence electrons. The second kappa shape index (κ2) is 17.2. The molecule has 5 heterocycles. The van der Waals surface area contributed by atoms with Crippen molar-refractivity contribution in [3.63, 3.8) is 0 Å². The molecular weight excluding hydrogens is 819 g/mol. The number of hydrogen-bond acceptors (Lipinski definition) is 11. The van der Waals surface area contributed by atoms with Crippen LogP contribution < -0.4 is 19.7 Å². The summed E-state index contributed by atoms with van der Waals surface area (Å²) in [4.78, 5) is 37.8. The number of pyridine rings is 1. The van der Waals surface area contributed by atoms with E-state index in [0.717, 1.165) is 61.8 Å². The number of anilines is 2. The maximum atomic E-state index is 14.0. The maximum absolute atomic E-state index is 14.0. The van der Waals surface area contributed by atoms with Crippen LogP contribution in [0.3, 0.4) is 0 Å². The van der Waals surface area contributed by atoms with Gasteiger partial charge in [0.2, 0.25) is 0 Å². The SMILES string of the molecule is O=C(NS(=O)(=O)c1ccc(NCC2CCOCC2)c([N+](=O)[O-])c1)c1ccc(N2CCC3(CC[C@H](N4CCC[C@H]4c4ccccc4C4CC4)C3)CC2)cc1Oc1cnc2[nH]ccc2c1. The Bertz CT molecular complexity index is 2620. The molecule has 10 rings (SSSR count). The van der Waals surface area contributed by atoms with Crippen LogP contribution in [-0.2, 0) is 14.8 Å². The van der Waals surface area contributed by atoms with E-state index in [4.69, 9.17) is 9.47 Å². The Hall–Kier alpha value is -5.51. The summed E-state index contributed by atoms with van der Waals surface area (Å²) in [7, 11) is -4.54. The van der Waals surface area contributed by atoms with E-state index in [1.807, 2.05) is 12.1 Å². The highest BCUT2D eigenvalue weighted by Gasteiger charge is 2.46. The first-order valence-electron chi connectivity index (χ1n) is 22.6. The molecule has 5 aromatic rings. The van der Waals surface area contributed by atoms with Crippen LogP contribution in [0.4, 0.5) is 17.1 Å². The molecule has 2 aliphatic carbocycles. The molecule has 2 saturated carbocycles. The Morgan fingerprint density at radius 3 is 2.54 bits per heavy atom. The van der Waals surface area contributed by atoms with Gasteiger partial charge in [-0.3, -0.25) is 19.8 Å². The first-order valence-corrected chi connectivity index (χ1v) is 24.1. The average Bonchev–Trinajstić information content (AvgIpc) is 3.62. The third-order valence-corrected chi connectivity index (χ3v) is 15.8. The van der Waals surface area contributed by atoms with Crippen molar-refractivity contribution in [2.45, 2.75) is 93.5 Å². The largest absolute Gasteiger partial charge is 0.455 e. The van der Waals surface area contributed by atoms with Gasteiger partial charge in [0.15, 0.2) is 0 Å². The monoisotopic (exact) mass is 873 g/mol. The van der Waals surface area contributed by atoms with Crippen molar-refractivity contribution in [3.05, 3.63) is 112 Å². The number of hydrogen-bond donors (Lipinski definition) is 3. The quantitative estimate of drug-likeness (QED) is 0.0761. The molecule has 3 saturated heterocycles. The van der Waals surface area contributed by atoms with E-state index in [2.05, 4.69) is 54.1 Å². The van der Waals surface area contributed by atoms with Gasteiger partial charge in [0, 0.05) is 74.3 Å². The summed E-state index contributed by atoms with van der Waals surface area (Å²) in [5.41, 5.74) is 4.80. The fraction of sp³-hybridized carbons (Fsp3) is 0.458. The van der Waals surface area contributed by atoms with Crippen LogP contribution >= 0.6 is 0 Å². The molecule has 5 aliphatic rings. The molecule has 2 aromatic heterocycles. The number of amides is 1. The number of carbonyl (C=O) groups is 1. The Labute approximate surface area is 367 Å². The van der Waals surface area contributed by atoms with Gasteiger partial charge < -0.3 is 24.7 Å². The van der Waals surface area contributed by atoms with Gasteiger partial charge in [-0.15, -0.1) is 0 Å². The molecule has 2 atom stereocenters. The highest BCUT2D eigenvalue weighted by Crippen LogP contribution is 2.52. The van der Waals surface area contributed by atoms with Gasteiger partial charge in [0.1, 0.15) is 22.8 Å². The lowest BCUT2D eigenvalue weighted by molar-refractivity contribution is -0.384. The third kappa shape index (κ3) is 8.75. The van der Waals surface area contributed by atoms with Crippen LogP contribution in [0.2, 0.25) is 0 Å². The highest BCUT2D eigenvalue weighted by molar-refractivity contribution is 7.90. The van der Waals surface area contributed by atoms with E-state index in [9.17, 15) is 23.3 Å². The van der Waals surface area contributed by atoms with E-state index in [0.29, 0.717) is 48.7 Å². The second-order valence-electron chi connectivity index (χ2n) is 18.4. The van der Waals surface area contributed by atoms with Gasteiger partial charge in [0.05, 0.1) is 21.6 Å². The van der Waals surface area contributed by atoms with Crippen molar-refractivity contribution >= 4 is 44.0 Å². The number of nitro benzene ring substituents is 1. The summed E-state index contributed by atoms with van der Waals surface area (Å²) in [6.45, 7) is 4.65. The van der Waals surface area contributed by atoms with Crippen molar-refractivity contribution < 1.29 is 27.6 Å². The summed E-state index contributed by atoms with van der Waals surface area (Å²) in [6, 6.07) is 22.8. The Morgan fingerprint density at radius 1 is 0.937 bits per heavy atom. The van der Waals surface area contributed by atoms with Crippen LogP contribution in [0.5, 0.6) is 11.5 Å². The minimum Gasteiger partial charge on any atom is -0.455 e. The highest BCUT2D eigenvalue weighted by atomic mass is 32.2. The fourth-order valence-electron chi connectivity index (χ4n) is 10.8. The maximum Gasteiger partial charge on any atom is 0.293 e. The smallest absolute Gasteiger partial charge is 0.293 e. The summed E-state index contributed by atoms with van der Waals surface area (Å²) in [6.07, 6.45) is 15.9. The standard InChI is InChI=1S/C48H55N7O7S/c56-47(52-63(59,60)38-10-12-42(44(28-38)55(57)58)50-30-32-15-24-61-25-16-32)41-11-9-35(27-45(41)62-37-26-34-14-20-49-46(34)51-31-37)53-22-18-48(19-23-53)17-13-36(29-48)54-21-3-6-43(54)40-5-2-1-4-39(40)33-7-8-33/h1-2,4-5,9-12,14,20,26-28,31-33,36,43,50H,3,6-8,13,15-19,21-25,29-30H2,(H,49,51)(H,52,56)/t36-,43-/m0/s1. The molecule has 63 heavy (non-hydrogen) atoms. The van der Waals surface area contributed by atoms with Crippen LogP contribution in [0, 0.1) is 21.4 Å². The zero-order chi connectivity index (χ0) is 43.1. The number of nitro groups is 1. The van der Waals surface area contributed by atoms with Crippen molar-refractivity contribution in [1.82, 2.24) is 19.6 Å². The van der Waals surface area contributed by atoms with Crippen molar-refractivity contribution in [3.8, 4) is 11.5 Å². The Morgan fingerprint density at radius 2 is 1.75 bits per heavy atom. The third-order valence-electron chi connectivity index (χ3n) is 14.4. The number of rotatable bonds is 13. The lowest BCUT2D eigenvalue weighted by Crippen LogP contribution is -2.40. The first-order chi connectivity index (χ1) is 30.6. The summed E-state index contributed by atoms with van der Waals surface area (Å²) >= 11 is 0. The zero-order valence-electron chi connectivity index (χ0n) is 35.5. The molecule has 0 unspecified atom stereocenters. The minimum absolute atomic E-state index is 0.00344. The summed E-state index contributed by atoms with van der Waals surface area (Å²) in [5.74, 6) is 0.652. The van der Waals surface area contributed by atoms with E-state index in [1.165, 1.54) is 63.6 Å². The zero-order valence-corrected chi connectivity index (χ0v) is 36.3. The van der Waals surface area contributed by atoms with E-state index < -0.39 is 31.4 Å². The van der Waals surface area contributed by atoms with E-state index >= 15 is 0 Å². The Balaban J connectivity index is 0.850. The van der Waals surface area contributed by atoms with Gasteiger partial charge >= 0.3 is 0 Å². The number of aromatic amines is 1. The molecule has 1 amide bonds. The van der Waals surface area contributed by atoms with Crippen LogP contribution in [0.15, 0.2) is 90.1 Å². The van der Waals surface area contributed by atoms with Gasteiger partial charge in [-0.05, 0) is 142 Å². The van der Waals surface area contributed by atoms with Crippen molar-refractivity contribution in [2.24, 2.45) is 11.3 Å². The summed E-state index contributed by atoms with van der Waals surface area (Å²) in [5, 5.41) is 16.0. The number of likely N-dealkylation sites (tertiary alicyclic amines) is 1. The molecular formula is C48H55N7O7S. The number of benzene rings is 3. The van der Waals surface area contributed by atoms with Crippen molar-refractivity contribution in [1.29, 1.82) is 0 Å². The predicted octanol–water partition coefficient (Wildman–Crippen LogP) is 9.07. The van der Waals surface area contributed by atoms with Crippen LogP contribution in [0.25, 0.3) is 11.0 Å². The van der Waals surface area contributed by atoms with Crippen LogP contribution in [-0.4, -0.2) is 79.6 Å². The van der Waals surface area contributed by atoms with Gasteiger partial charge in [-0.1, -0.05) is 24.3 Å². The fourth-order valence-corrected chi connectivity index (χ4v) is 11.8. The topological polar surface area (TPSA) is 172 Å². The van der Waals surface area contributed by atoms with Crippen molar-refractivity contribution in [2.75, 3.05) is 49.6 Å². The molecule has 5 fully saturated rings. The molecule has 14 nitrogen and oxygen atoms in total. The lowest BCUT2D eigenvalue weighted by atomic mass is 9.76. The number of carbonyl (C=O) groups excluding carboxylic acids is 1. The Kier molecular flexibility index (Phi) is 11.3. The normalized spacial score (nSPS) is 21.8.